The minimum atomic E-state index is -0.364. The summed E-state index contributed by atoms with van der Waals surface area (Å²) in [7, 11) is 0. The van der Waals surface area contributed by atoms with Crippen LogP contribution in [0.4, 0.5) is 9.93 Å². The second-order valence-corrected chi connectivity index (χ2v) is 9.50. The molecule has 0 radical (unpaired) electrons. The summed E-state index contributed by atoms with van der Waals surface area (Å²) in [5.41, 5.74) is 4.43. The van der Waals surface area contributed by atoms with E-state index < -0.39 is 0 Å². The number of carbonyl (C=O) groups excluding carboxylic acids is 2. The van der Waals surface area contributed by atoms with Crippen molar-refractivity contribution in [2.45, 2.75) is 45.8 Å². The number of anilines is 1. The topological polar surface area (TPSA) is 107 Å². The molecular weight excluding hydrogens is 462 g/mol. The van der Waals surface area contributed by atoms with Crippen LogP contribution in [0.3, 0.4) is 0 Å². The van der Waals surface area contributed by atoms with E-state index in [9.17, 15) is 14.7 Å². The van der Waals surface area contributed by atoms with Crippen molar-refractivity contribution in [3.63, 3.8) is 0 Å². The molecule has 0 unspecified atom stereocenters. The molecule has 0 aliphatic carbocycles. The van der Waals surface area contributed by atoms with Crippen LogP contribution in [0.15, 0.2) is 48.0 Å². The number of fused-ring (bicyclic) bond motifs is 1. The quantitative estimate of drug-likeness (QED) is 0.438. The third kappa shape index (κ3) is 5.41. The molecule has 9 heteroatoms. The number of hydrogen-bond acceptors (Lipinski definition) is 6. The van der Waals surface area contributed by atoms with Crippen LogP contribution in [0.1, 0.15) is 60.4 Å². The lowest BCUT2D eigenvalue weighted by Crippen LogP contribution is -2.42. The first-order chi connectivity index (χ1) is 16.9. The maximum Gasteiger partial charge on any atom is 0.318 e. The van der Waals surface area contributed by atoms with E-state index >= 15 is 0 Å². The van der Waals surface area contributed by atoms with Crippen LogP contribution >= 0.6 is 11.3 Å². The van der Waals surface area contributed by atoms with Gasteiger partial charge in [0, 0.05) is 41.9 Å². The van der Waals surface area contributed by atoms with E-state index in [1.165, 1.54) is 11.3 Å². The number of hydrogen-bond donors (Lipinski definition) is 3. The molecule has 0 spiro atoms. The minimum absolute atomic E-state index is 0.0317. The minimum Gasteiger partial charge on any atom is -0.396 e. The summed E-state index contributed by atoms with van der Waals surface area (Å²) < 4.78 is 0. The van der Waals surface area contributed by atoms with Crippen LogP contribution in [0, 0.1) is 0 Å². The Labute approximate surface area is 208 Å². The summed E-state index contributed by atoms with van der Waals surface area (Å²) in [6.07, 6.45) is 5.95. The summed E-state index contributed by atoms with van der Waals surface area (Å²) in [5, 5.41) is 17.9. The molecule has 3 aromatic rings. The molecule has 35 heavy (non-hydrogen) atoms. The number of thiazole rings is 1. The van der Waals surface area contributed by atoms with Crippen LogP contribution in [-0.4, -0.2) is 44.6 Å². The van der Waals surface area contributed by atoms with Gasteiger partial charge in [-0.3, -0.25) is 10.1 Å². The number of amides is 3. The molecule has 182 valence electrons. The first kappa shape index (κ1) is 24.6. The SMILES string of the molecule is C/C=C/c1cccc(-c2nc(C(=O)Nc3nccs3)cc3c2[C@@H](CCO)N(C(=O)NC(C)C)C3)c1. The molecule has 4 rings (SSSR count). The molecule has 1 atom stereocenters. The van der Waals surface area contributed by atoms with Gasteiger partial charge in [-0.25, -0.2) is 14.8 Å². The Hall–Kier alpha value is -3.56. The van der Waals surface area contributed by atoms with E-state index in [0.29, 0.717) is 23.8 Å². The number of nitrogens with one attached hydrogen (secondary N) is 2. The van der Waals surface area contributed by atoms with Crippen molar-refractivity contribution in [3.8, 4) is 11.3 Å². The average Bonchev–Trinajstić information content (AvgIpc) is 3.47. The fraction of sp³-hybridized carbons (Fsp3) is 0.308. The van der Waals surface area contributed by atoms with E-state index in [2.05, 4.69) is 15.6 Å². The fourth-order valence-corrected chi connectivity index (χ4v) is 4.81. The van der Waals surface area contributed by atoms with Gasteiger partial charge in [0.05, 0.1) is 11.7 Å². The Bertz CT molecular complexity index is 1240. The molecule has 3 amide bonds. The summed E-state index contributed by atoms with van der Waals surface area (Å²) in [6.45, 7) is 6.00. The number of benzene rings is 1. The highest BCUT2D eigenvalue weighted by atomic mass is 32.1. The Morgan fingerprint density at radius 1 is 1.31 bits per heavy atom. The summed E-state index contributed by atoms with van der Waals surface area (Å²) in [5.74, 6) is -0.364. The average molecular weight is 492 g/mol. The fourth-order valence-electron chi connectivity index (χ4n) is 4.29. The number of rotatable bonds is 7. The van der Waals surface area contributed by atoms with Crippen LogP contribution in [0.2, 0.25) is 0 Å². The lowest BCUT2D eigenvalue weighted by molar-refractivity contribution is 0.102. The third-order valence-corrected chi connectivity index (χ3v) is 6.36. The van der Waals surface area contributed by atoms with E-state index in [4.69, 9.17) is 4.98 Å². The molecule has 1 aromatic carbocycles. The molecule has 8 nitrogen and oxygen atoms in total. The van der Waals surface area contributed by atoms with Crippen molar-refractivity contribution >= 4 is 34.5 Å². The first-order valence-corrected chi connectivity index (χ1v) is 12.4. The van der Waals surface area contributed by atoms with Crippen LogP contribution in [0.5, 0.6) is 0 Å². The van der Waals surface area contributed by atoms with E-state index in [-0.39, 0.29) is 36.3 Å². The Kier molecular flexibility index (Phi) is 7.57. The monoisotopic (exact) mass is 491 g/mol. The van der Waals surface area contributed by atoms with Gasteiger partial charge in [0.15, 0.2) is 5.13 Å². The second-order valence-electron chi connectivity index (χ2n) is 8.61. The lowest BCUT2D eigenvalue weighted by Gasteiger charge is -2.26. The zero-order valence-corrected chi connectivity index (χ0v) is 20.8. The highest BCUT2D eigenvalue weighted by Crippen LogP contribution is 2.42. The Morgan fingerprint density at radius 3 is 2.83 bits per heavy atom. The number of urea groups is 1. The van der Waals surface area contributed by atoms with Gasteiger partial charge >= 0.3 is 6.03 Å². The highest BCUT2D eigenvalue weighted by Gasteiger charge is 2.37. The number of nitrogens with zero attached hydrogens (tertiary/aromatic N) is 3. The predicted octanol–water partition coefficient (Wildman–Crippen LogP) is 4.85. The maximum atomic E-state index is 13.1. The van der Waals surface area contributed by atoms with Gasteiger partial charge in [-0.1, -0.05) is 30.4 Å². The standard InChI is InChI=1S/C26H29N5O3S/c1-4-6-17-7-5-8-18(13-17)23-22-19(14-20(29-23)24(33)30-25-27-10-12-35-25)15-31(21(22)9-11-32)26(34)28-16(2)3/h4-8,10,12-14,16,21,32H,9,11,15H2,1-3H3,(H,28,34)(H,27,30,33)/b6-4+/t21-/m1/s1. The Morgan fingerprint density at radius 2 is 2.14 bits per heavy atom. The molecule has 3 N–H and O–H groups in total. The van der Waals surface area contributed by atoms with E-state index in [0.717, 1.165) is 22.3 Å². The van der Waals surface area contributed by atoms with Gasteiger partial charge in [0.25, 0.3) is 5.91 Å². The normalized spacial score (nSPS) is 15.0. The van der Waals surface area contributed by atoms with Crippen molar-refractivity contribution < 1.29 is 14.7 Å². The molecule has 2 aromatic heterocycles. The molecule has 0 bridgehead atoms. The van der Waals surface area contributed by atoms with E-state index in [1.807, 2.05) is 57.2 Å². The molecule has 0 saturated heterocycles. The number of aliphatic hydroxyl groups is 1. The van der Waals surface area contributed by atoms with Crippen LogP contribution in [0.25, 0.3) is 17.3 Å². The first-order valence-electron chi connectivity index (χ1n) is 11.6. The van der Waals surface area contributed by atoms with Crippen LogP contribution in [-0.2, 0) is 6.54 Å². The molecule has 1 aliphatic heterocycles. The number of allylic oxidation sites excluding steroid dienone is 1. The highest BCUT2D eigenvalue weighted by molar-refractivity contribution is 7.13. The molecule has 0 fully saturated rings. The van der Waals surface area contributed by atoms with E-state index in [1.54, 1.807) is 22.5 Å². The zero-order chi connectivity index (χ0) is 24.9. The van der Waals surface area contributed by atoms with Crippen molar-refractivity contribution in [2.75, 3.05) is 11.9 Å². The van der Waals surface area contributed by atoms with Gasteiger partial charge in [-0.2, -0.15) is 0 Å². The second kappa shape index (κ2) is 10.8. The third-order valence-electron chi connectivity index (χ3n) is 5.67. The van der Waals surface area contributed by atoms with Crippen molar-refractivity contribution in [1.82, 2.24) is 20.2 Å². The van der Waals surface area contributed by atoms with Crippen molar-refractivity contribution in [1.29, 1.82) is 0 Å². The summed E-state index contributed by atoms with van der Waals surface area (Å²) in [6, 6.07) is 9.04. The van der Waals surface area contributed by atoms with Gasteiger partial charge < -0.3 is 15.3 Å². The number of pyridine rings is 1. The lowest BCUT2D eigenvalue weighted by atomic mass is 9.95. The van der Waals surface area contributed by atoms with Gasteiger partial charge in [-0.15, -0.1) is 11.3 Å². The zero-order valence-electron chi connectivity index (χ0n) is 20.0. The largest absolute Gasteiger partial charge is 0.396 e. The van der Waals surface area contributed by atoms with Crippen LogP contribution < -0.4 is 10.6 Å². The number of aliphatic hydroxyl groups excluding tert-OH is 1. The summed E-state index contributed by atoms with van der Waals surface area (Å²) >= 11 is 1.33. The van der Waals surface area contributed by atoms with Gasteiger partial charge in [-0.05, 0) is 50.5 Å². The molecule has 3 heterocycles. The smallest absolute Gasteiger partial charge is 0.318 e. The molecule has 1 aliphatic rings. The Balaban J connectivity index is 1.84. The summed E-state index contributed by atoms with van der Waals surface area (Å²) in [4.78, 5) is 36.8. The number of aromatic nitrogens is 2. The van der Waals surface area contributed by atoms with Crippen molar-refractivity contribution in [2.24, 2.45) is 0 Å². The predicted molar refractivity (Wildman–Crippen MR) is 138 cm³/mol. The number of carbonyl (C=O) groups is 2. The molecule has 0 saturated carbocycles. The maximum absolute atomic E-state index is 13.1. The molecular formula is C26H29N5O3S. The van der Waals surface area contributed by atoms with Gasteiger partial charge in [0.1, 0.15) is 5.69 Å². The van der Waals surface area contributed by atoms with Crippen molar-refractivity contribution in [3.05, 3.63) is 70.4 Å². The van der Waals surface area contributed by atoms with Gasteiger partial charge in [0.2, 0.25) is 0 Å².